The summed E-state index contributed by atoms with van der Waals surface area (Å²) in [4.78, 5) is 14.3. The molecule has 1 aromatic rings. The Bertz CT molecular complexity index is 536. The Balaban J connectivity index is 1.93. The molecule has 1 aliphatic rings. The third-order valence-electron chi connectivity index (χ3n) is 4.18. The first kappa shape index (κ1) is 17.6. The molecular weight excluding hydrogens is 288 g/mol. The highest BCUT2D eigenvalue weighted by atomic mass is 16.6. The van der Waals surface area contributed by atoms with Gasteiger partial charge in [-0.15, -0.1) is 0 Å². The standard InChI is InChI=1S/C19H30N2O2/c1-14-9-6-7-11-17(14)20-15(2)13-16-10-8-12-21(16)18(22)23-19(3,4)5/h6-7,9,11,15-16,20H,8,10,12-13H2,1-5H3. The first-order chi connectivity index (χ1) is 10.8. The predicted octanol–water partition coefficient (Wildman–Crippen LogP) is 4.59. The van der Waals surface area contributed by atoms with E-state index in [1.807, 2.05) is 37.8 Å². The zero-order valence-electron chi connectivity index (χ0n) is 15.1. The Morgan fingerprint density at radius 2 is 2.09 bits per heavy atom. The topological polar surface area (TPSA) is 41.6 Å². The van der Waals surface area contributed by atoms with Gasteiger partial charge in [0, 0.05) is 24.3 Å². The number of rotatable bonds is 4. The van der Waals surface area contributed by atoms with Gasteiger partial charge in [0.1, 0.15) is 5.60 Å². The molecule has 1 aliphatic heterocycles. The monoisotopic (exact) mass is 318 g/mol. The maximum absolute atomic E-state index is 12.3. The number of likely N-dealkylation sites (tertiary alicyclic amines) is 1. The van der Waals surface area contributed by atoms with Crippen LogP contribution >= 0.6 is 0 Å². The van der Waals surface area contributed by atoms with Crippen LogP contribution < -0.4 is 5.32 Å². The van der Waals surface area contributed by atoms with Crippen molar-refractivity contribution in [2.24, 2.45) is 0 Å². The van der Waals surface area contributed by atoms with Crippen molar-refractivity contribution in [2.45, 2.75) is 71.6 Å². The number of anilines is 1. The summed E-state index contributed by atoms with van der Waals surface area (Å²) in [7, 11) is 0. The summed E-state index contributed by atoms with van der Waals surface area (Å²) < 4.78 is 5.54. The van der Waals surface area contributed by atoms with E-state index in [0.717, 1.165) is 25.8 Å². The van der Waals surface area contributed by atoms with Crippen LogP contribution in [0.3, 0.4) is 0 Å². The van der Waals surface area contributed by atoms with Crippen LogP contribution in [-0.4, -0.2) is 35.2 Å². The molecule has 0 aliphatic carbocycles. The van der Waals surface area contributed by atoms with Gasteiger partial charge in [-0.3, -0.25) is 0 Å². The molecule has 4 heteroatoms. The van der Waals surface area contributed by atoms with Crippen LogP contribution in [0.2, 0.25) is 0 Å². The summed E-state index contributed by atoms with van der Waals surface area (Å²) in [5.41, 5.74) is 1.98. The number of hydrogen-bond acceptors (Lipinski definition) is 3. The van der Waals surface area contributed by atoms with E-state index in [4.69, 9.17) is 4.74 Å². The summed E-state index contributed by atoms with van der Waals surface area (Å²) in [6, 6.07) is 8.88. The molecule has 0 saturated carbocycles. The minimum absolute atomic E-state index is 0.178. The summed E-state index contributed by atoms with van der Waals surface area (Å²) in [5.74, 6) is 0. The van der Waals surface area contributed by atoms with E-state index in [9.17, 15) is 4.79 Å². The van der Waals surface area contributed by atoms with Crippen molar-refractivity contribution in [1.82, 2.24) is 4.90 Å². The lowest BCUT2D eigenvalue weighted by atomic mass is 10.1. The predicted molar refractivity (Wildman–Crippen MR) is 94.8 cm³/mol. The lowest BCUT2D eigenvalue weighted by Gasteiger charge is -2.30. The summed E-state index contributed by atoms with van der Waals surface area (Å²) in [6.07, 6.45) is 2.87. The van der Waals surface area contributed by atoms with Gasteiger partial charge in [0.2, 0.25) is 0 Å². The van der Waals surface area contributed by atoms with Gasteiger partial charge in [-0.2, -0.15) is 0 Å². The van der Waals surface area contributed by atoms with Crippen LogP contribution in [0, 0.1) is 6.92 Å². The molecule has 0 aromatic heterocycles. The van der Waals surface area contributed by atoms with Crippen molar-refractivity contribution >= 4 is 11.8 Å². The Labute approximate surface area is 140 Å². The van der Waals surface area contributed by atoms with Crippen LogP contribution in [-0.2, 0) is 4.74 Å². The molecule has 2 unspecified atom stereocenters. The van der Waals surface area contributed by atoms with Crippen LogP contribution in [0.5, 0.6) is 0 Å². The van der Waals surface area contributed by atoms with Gasteiger partial charge < -0.3 is 15.0 Å². The number of carbonyl (C=O) groups excluding carboxylic acids is 1. The quantitative estimate of drug-likeness (QED) is 0.883. The summed E-state index contributed by atoms with van der Waals surface area (Å²) in [5, 5.41) is 3.57. The van der Waals surface area contributed by atoms with Gasteiger partial charge in [-0.1, -0.05) is 18.2 Å². The number of ether oxygens (including phenoxy) is 1. The zero-order chi connectivity index (χ0) is 17.0. The molecule has 0 spiro atoms. The molecule has 0 bridgehead atoms. The fraction of sp³-hybridized carbons (Fsp3) is 0.632. The second kappa shape index (κ2) is 7.24. The van der Waals surface area contributed by atoms with Crippen LogP contribution in [0.4, 0.5) is 10.5 Å². The summed E-state index contributed by atoms with van der Waals surface area (Å²) in [6.45, 7) is 10.8. The van der Waals surface area contributed by atoms with E-state index in [1.54, 1.807) is 0 Å². The number of nitrogens with zero attached hydrogens (tertiary/aromatic N) is 1. The highest BCUT2D eigenvalue weighted by molar-refractivity contribution is 5.69. The molecule has 1 saturated heterocycles. The molecule has 128 valence electrons. The molecule has 23 heavy (non-hydrogen) atoms. The summed E-state index contributed by atoms with van der Waals surface area (Å²) >= 11 is 0. The number of nitrogens with one attached hydrogen (secondary N) is 1. The molecule has 1 aromatic carbocycles. The molecule has 1 N–H and O–H groups in total. The Morgan fingerprint density at radius 1 is 1.39 bits per heavy atom. The van der Waals surface area contributed by atoms with Crippen molar-refractivity contribution in [3.63, 3.8) is 0 Å². The second-order valence-corrected chi connectivity index (χ2v) is 7.57. The Morgan fingerprint density at radius 3 is 2.74 bits per heavy atom. The molecule has 4 nitrogen and oxygen atoms in total. The Hall–Kier alpha value is -1.71. The Kier molecular flexibility index (Phi) is 5.55. The SMILES string of the molecule is Cc1ccccc1NC(C)CC1CCCN1C(=O)OC(C)(C)C. The fourth-order valence-corrected chi connectivity index (χ4v) is 3.11. The van der Waals surface area contributed by atoms with E-state index in [1.165, 1.54) is 11.3 Å². The van der Waals surface area contributed by atoms with E-state index in [2.05, 4.69) is 31.3 Å². The van der Waals surface area contributed by atoms with E-state index < -0.39 is 5.60 Å². The van der Waals surface area contributed by atoms with Gasteiger partial charge in [-0.25, -0.2) is 4.79 Å². The lowest BCUT2D eigenvalue weighted by molar-refractivity contribution is 0.0218. The van der Waals surface area contributed by atoms with Crippen LogP contribution in [0.15, 0.2) is 24.3 Å². The van der Waals surface area contributed by atoms with Gasteiger partial charge >= 0.3 is 6.09 Å². The molecule has 0 radical (unpaired) electrons. The van der Waals surface area contributed by atoms with Crippen molar-refractivity contribution in [3.05, 3.63) is 29.8 Å². The number of para-hydroxylation sites is 1. The van der Waals surface area contributed by atoms with Crippen molar-refractivity contribution < 1.29 is 9.53 Å². The number of hydrogen-bond donors (Lipinski definition) is 1. The largest absolute Gasteiger partial charge is 0.444 e. The fourth-order valence-electron chi connectivity index (χ4n) is 3.11. The normalized spacial score (nSPS) is 19.5. The number of aryl methyl sites for hydroxylation is 1. The molecule has 1 fully saturated rings. The second-order valence-electron chi connectivity index (χ2n) is 7.57. The van der Waals surface area contributed by atoms with Gasteiger partial charge in [0.15, 0.2) is 0 Å². The van der Waals surface area contributed by atoms with Crippen LogP contribution in [0.25, 0.3) is 0 Å². The third kappa shape index (κ3) is 5.15. The first-order valence-electron chi connectivity index (χ1n) is 8.58. The molecule has 1 amide bonds. The minimum atomic E-state index is -0.435. The average Bonchev–Trinajstić information content (AvgIpc) is 2.87. The van der Waals surface area contributed by atoms with Crippen molar-refractivity contribution in [1.29, 1.82) is 0 Å². The van der Waals surface area contributed by atoms with E-state index in [-0.39, 0.29) is 12.1 Å². The van der Waals surface area contributed by atoms with E-state index in [0.29, 0.717) is 6.04 Å². The van der Waals surface area contributed by atoms with Crippen LogP contribution in [0.1, 0.15) is 52.5 Å². The lowest BCUT2D eigenvalue weighted by Crippen LogP contribution is -2.41. The molecule has 2 atom stereocenters. The van der Waals surface area contributed by atoms with Crippen molar-refractivity contribution in [3.8, 4) is 0 Å². The number of amides is 1. The highest BCUT2D eigenvalue weighted by Crippen LogP contribution is 2.25. The first-order valence-corrected chi connectivity index (χ1v) is 8.58. The van der Waals surface area contributed by atoms with Crippen molar-refractivity contribution in [2.75, 3.05) is 11.9 Å². The average molecular weight is 318 g/mol. The highest BCUT2D eigenvalue weighted by Gasteiger charge is 2.32. The minimum Gasteiger partial charge on any atom is -0.444 e. The molecular formula is C19H30N2O2. The number of benzene rings is 1. The van der Waals surface area contributed by atoms with Gasteiger partial charge in [-0.05, 0) is 65.5 Å². The zero-order valence-corrected chi connectivity index (χ0v) is 15.1. The smallest absolute Gasteiger partial charge is 0.410 e. The molecule has 1 heterocycles. The van der Waals surface area contributed by atoms with E-state index >= 15 is 0 Å². The maximum Gasteiger partial charge on any atom is 0.410 e. The molecule has 2 rings (SSSR count). The maximum atomic E-state index is 12.3. The number of carbonyl (C=O) groups is 1. The van der Waals surface area contributed by atoms with Gasteiger partial charge in [0.05, 0.1) is 0 Å². The van der Waals surface area contributed by atoms with Gasteiger partial charge in [0.25, 0.3) is 0 Å². The third-order valence-corrected chi connectivity index (χ3v) is 4.18.